The number of carbonyl (C=O) groups is 4. The Kier molecular flexibility index (Phi) is 13.7. The van der Waals surface area contributed by atoms with E-state index in [1.807, 2.05) is 52.0 Å². The van der Waals surface area contributed by atoms with Gasteiger partial charge >= 0.3 is 5.63 Å². The molecule has 0 saturated carbocycles. The highest BCUT2D eigenvalue weighted by Crippen LogP contribution is 2.28. The van der Waals surface area contributed by atoms with Crippen LogP contribution in [0.2, 0.25) is 0 Å². The molecule has 0 aliphatic carbocycles. The average molecular weight is 762 g/mol. The van der Waals surface area contributed by atoms with Crippen LogP contribution in [0.3, 0.4) is 0 Å². The second-order valence-corrected chi connectivity index (χ2v) is 15.1. The third-order valence-corrected chi connectivity index (χ3v) is 9.91. The van der Waals surface area contributed by atoms with E-state index in [4.69, 9.17) is 13.9 Å². The monoisotopic (exact) mass is 761 g/mol. The topological polar surface area (TPSA) is 189 Å². The van der Waals surface area contributed by atoms with Gasteiger partial charge in [-0.25, -0.2) is 9.78 Å². The van der Waals surface area contributed by atoms with E-state index in [0.29, 0.717) is 11.3 Å². The van der Waals surface area contributed by atoms with Crippen LogP contribution < -0.4 is 21.6 Å². The van der Waals surface area contributed by atoms with Crippen LogP contribution in [0, 0.1) is 12.3 Å². The number of hydrogen-bond donors (Lipinski definition) is 4. The maximum absolute atomic E-state index is 13.9. The maximum Gasteiger partial charge on any atom is 0.336 e. The summed E-state index contributed by atoms with van der Waals surface area (Å²) < 4.78 is 16.2. The lowest BCUT2D eigenvalue weighted by molar-refractivity contribution is -0.144. The second kappa shape index (κ2) is 18.4. The number of aromatic nitrogens is 1. The van der Waals surface area contributed by atoms with Gasteiger partial charge in [-0.15, -0.1) is 11.3 Å². The largest absolute Gasteiger partial charge is 0.423 e. The summed E-state index contributed by atoms with van der Waals surface area (Å²) in [6.45, 7) is 8.30. The first-order valence-corrected chi connectivity index (χ1v) is 18.7. The van der Waals surface area contributed by atoms with Crippen LogP contribution in [0.4, 0.5) is 5.69 Å². The van der Waals surface area contributed by atoms with Gasteiger partial charge in [0.15, 0.2) is 0 Å². The van der Waals surface area contributed by atoms with Crippen molar-refractivity contribution in [3.8, 4) is 10.4 Å². The molecule has 1 aliphatic rings. The minimum atomic E-state index is -0.948. The Morgan fingerprint density at radius 3 is 2.33 bits per heavy atom. The van der Waals surface area contributed by atoms with E-state index in [9.17, 15) is 29.1 Å². The summed E-state index contributed by atoms with van der Waals surface area (Å²) in [5.74, 6) is -1.49. The van der Waals surface area contributed by atoms with Crippen molar-refractivity contribution in [2.75, 3.05) is 38.3 Å². The third-order valence-electron chi connectivity index (χ3n) is 8.94. The third kappa shape index (κ3) is 11.0. The maximum atomic E-state index is 13.9. The van der Waals surface area contributed by atoms with E-state index in [1.54, 1.807) is 41.1 Å². The number of nitrogens with zero attached hydrogens (tertiary/aromatic N) is 2. The molecular formula is C39H47N5O9S. The van der Waals surface area contributed by atoms with E-state index in [2.05, 4.69) is 20.9 Å². The van der Waals surface area contributed by atoms with Crippen molar-refractivity contribution in [3.05, 3.63) is 81.8 Å². The minimum Gasteiger partial charge on any atom is -0.423 e. The minimum absolute atomic E-state index is 0.0119. The van der Waals surface area contributed by atoms with Gasteiger partial charge in [0.25, 0.3) is 0 Å². The molecule has 4 aromatic rings. The summed E-state index contributed by atoms with van der Waals surface area (Å²) in [6, 6.07) is 14.0. The van der Waals surface area contributed by atoms with Gasteiger partial charge in [0.1, 0.15) is 17.7 Å². The lowest BCUT2D eigenvalue weighted by Crippen LogP contribution is -2.57. The highest BCUT2D eigenvalue weighted by atomic mass is 32.1. The Morgan fingerprint density at radius 2 is 1.67 bits per heavy atom. The van der Waals surface area contributed by atoms with Crippen LogP contribution in [-0.4, -0.2) is 89.8 Å². The number of nitrogens with one attached hydrogen (secondary N) is 3. The number of rotatable bonds is 16. The molecule has 1 aliphatic heterocycles. The van der Waals surface area contributed by atoms with Crippen molar-refractivity contribution in [1.82, 2.24) is 20.5 Å². The van der Waals surface area contributed by atoms with Crippen molar-refractivity contribution in [2.24, 2.45) is 5.41 Å². The van der Waals surface area contributed by atoms with Crippen molar-refractivity contribution in [1.29, 1.82) is 0 Å². The molecule has 1 saturated heterocycles. The molecule has 1 fully saturated rings. The molecule has 288 valence electrons. The van der Waals surface area contributed by atoms with Crippen molar-refractivity contribution in [2.45, 2.75) is 71.7 Å². The van der Waals surface area contributed by atoms with Gasteiger partial charge in [-0.2, -0.15) is 0 Å². The highest BCUT2D eigenvalue weighted by Gasteiger charge is 2.44. The highest BCUT2D eigenvalue weighted by molar-refractivity contribution is 7.13. The second-order valence-electron chi connectivity index (χ2n) is 14.2. The molecule has 4 amide bonds. The first kappa shape index (κ1) is 40.2. The smallest absolute Gasteiger partial charge is 0.336 e. The van der Waals surface area contributed by atoms with Crippen molar-refractivity contribution < 1.29 is 38.2 Å². The van der Waals surface area contributed by atoms with E-state index in [1.165, 1.54) is 11.0 Å². The molecular weight excluding hydrogens is 715 g/mol. The number of carbonyl (C=O) groups excluding carboxylic acids is 4. The lowest BCUT2D eigenvalue weighted by Gasteiger charge is -2.35. The molecule has 2 aromatic heterocycles. The van der Waals surface area contributed by atoms with Gasteiger partial charge in [-0.1, -0.05) is 45.0 Å². The van der Waals surface area contributed by atoms with Crippen LogP contribution in [0.1, 0.15) is 51.3 Å². The molecule has 3 heterocycles. The molecule has 14 nitrogen and oxygen atoms in total. The zero-order valence-electron chi connectivity index (χ0n) is 30.9. The Hall–Kier alpha value is -4.96. The number of fused-ring (bicyclic) bond motifs is 1. The number of anilines is 1. The number of β-amino-alcohol motifs (C(OH)–C–C–N with tert-alkyl or cyclic N) is 1. The normalized spacial score (nSPS) is 16.3. The molecule has 3 atom stereocenters. The molecule has 0 bridgehead atoms. The summed E-state index contributed by atoms with van der Waals surface area (Å²) >= 11 is 1.57. The summed E-state index contributed by atoms with van der Waals surface area (Å²) in [7, 11) is 0. The van der Waals surface area contributed by atoms with Gasteiger partial charge in [0, 0.05) is 49.1 Å². The van der Waals surface area contributed by atoms with Crippen LogP contribution >= 0.6 is 11.3 Å². The van der Waals surface area contributed by atoms with Gasteiger partial charge < -0.3 is 39.8 Å². The molecule has 2 aromatic carbocycles. The molecule has 4 N–H and O–H groups in total. The number of hydrogen-bond acceptors (Lipinski definition) is 11. The zero-order chi connectivity index (χ0) is 38.8. The van der Waals surface area contributed by atoms with Gasteiger partial charge in [0.05, 0.1) is 55.0 Å². The molecule has 0 unspecified atom stereocenters. The van der Waals surface area contributed by atoms with Crippen LogP contribution in [-0.2, 0) is 35.2 Å². The summed E-state index contributed by atoms with van der Waals surface area (Å²) in [5.41, 5.74) is 4.41. The SMILES string of the molecule is Cc1ncsc1-c1ccc(CNC(=O)[C@@H]2C[C@@H](O)CN2C(=O)[C@@H](NC(=O)CCOCCOCCC(=O)Nc2ccc3ccc(=O)oc3c2)C(C)(C)C)cc1. The van der Waals surface area contributed by atoms with Crippen LogP contribution in [0.25, 0.3) is 21.4 Å². The number of benzene rings is 2. The Balaban J connectivity index is 1.01. The Bertz CT molecular complexity index is 1990. The lowest BCUT2D eigenvalue weighted by atomic mass is 9.85. The molecule has 0 radical (unpaired) electrons. The van der Waals surface area contributed by atoms with Gasteiger partial charge in [-0.3, -0.25) is 19.2 Å². The molecule has 54 heavy (non-hydrogen) atoms. The average Bonchev–Trinajstić information content (AvgIpc) is 3.75. The van der Waals surface area contributed by atoms with Crippen molar-refractivity contribution >= 4 is 51.6 Å². The van der Waals surface area contributed by atoms with Gasteiger partial charge in [0.2, 0.25) is 23.6 Å². The number of ether oxygens (including phenoxy) is 2. The summed E-state index contributed by atoms with van der Waals surface area (Å²) in [4.78, 5) is 70.6. The predicted octanol–water partition coefficient (Wildman–Crippen LogP) is 3.79. The number of aliphatic hydroxyl groups excluding tert-OH is 1. The van der Waals surface area contributed by atoms with Gasteiger partial charge in [-0.05, 0) is 41.7 Å². The quantitative estimate of drug-likeness (QED) is 0.0966. The number of likely N-dealkylation sites (tertiary alicyclic amines) is 1. The first-order chi connectivity index (χ1) is 25.8. The molecule has 15 heteroatoms. The first-order valence-electron chi connectivity index (χ1n) is 17.8. The van der Waals surface area contributed by atoms with E-state index in [-0.39, 0.29) is 70.6 Å². The standard InChI is InChI=1S/C39H47N5O9S/c1-24-35(54-23-41-24)27-7-5-25(6-8-27)21-40-37(49)30-20-29(45)22-44(30)38(50)36(39(2,3)4)43-33(47)14-16-52-18-17-51-15-13-32(46)42-28-11-9-26-10-12-34(48)53-31(26)19-28/h5-12,19,23,29-30,36,45H,13-18,20-22H2,1-4H3,(H,40,49)(H,42,46)(H,43,47)/t29-,30+,36-/m1/s1. The summed E-state index contributed by atoms with van der Waals surface area (Å²) in [6.07, 6.45) is -0.692. The fourth-order valence-corrected chi connectivity index (χ4v) is 6.84. The fourth-order valence-electron chi connectivity index (χ4n) is 6.03. The molecule has 0 spiro atoms. The van der Waals surface area contributed by atoms with E-state index >= 15 is 0 Å². The number of thiazole rings is 1. The summed E-state index contributed by atoms with van der Waals surface area (Å²) in [5, 5.41) is 19.7. The van der Waals surface area contributed by atoms with Crippen LogP contribution in [0.15, 0.2) is 69.3 Å². The van der Waals surface area contributed by atoms with Crippen molar-refractivity contribution in [3.63, 3.8) is 0 Å². The van der Waals surface area contributed by atoms with Crippen LogP contribution in [0.5, 0.6) is 0 Å². The number of aliphatic hydroxyl groups is 1. The van der Waals surface area contributed by atoms with E-state index < -0.39 is 41.0 Å². The zero-order valence-corrected chi connectivity index (χ0v) is 31.7. The predicted molar refractivity (Wildman–Crippen MR) is 204 cm³/mol. The molecule has 5 rings (SSSR count). The van der Waals surface area contributed by atoms with E-state index in [0.717, 1.165) is 27.1 Å². The number of amides is 4. The fraction of sp³-hybridized carbons (Fsp3) is 0.436. The Labute approximate surface area is 317 Å². The Morgan fingerprint density at radius 1 is 0.981 bits per heavy atom. The number of aryl methyl sites for hydroxylation is 1.